The molecular weight excluding hydrogens is 387 g/mol. The number of nitrogens with zero attached hydrogens (tertiary/aromatic N) is 2. The van der Waals surface area contributed by atoms with Gasteiger partial charge < -0.3 is 14.4 Å². The lowest BCUT2D eigenvalue weighted by molar-refractivity contribution is -0.121. The molecule has 2 aliphatic heterocycles. The van der Waals surface area contributed by atoms with Gasteiger partial charge in [0.25, 0.3) is 11.8 Å². The number of anilines is 1. The van der Waals surface area contributed by atoms with E-state index < -0.39 is 17.6 Å². The highest BCUT2D eigenvalue weighted by Gasteiger charge is 2.45. The molecule has 2 unspecified atom stereocenters. The van der Waals surface area contributed by atoms with Crippen LogP contribution >= 0.6 is 0 Å². The van der Waals surface area contributed by atoms with Crippen molar-refractivity contribution < 1.29 is 23.5 Å². The molecule has 0 bridgehead atoms. The quantitative estimate of drug-likeness (QED) is 0.725. The van der Waals surface area contributed by atoms with Crippen LogP contribution in [0, 0.1) is 5.82 Å². The van der Waals surface area contributed by atoms with Crippen molar-refractivity contribution >= 4 is 23.1 Å². The van der Waals surface area contributed by atoms with Crippen LogP contribution in [-0.2, 0) is 14.3 Å². The van der Waals surface area contributed by atoms with E-state index >= 15 is 0 Å². The third-order valence-electron chi connectivity index (χ3n) is 5.26. The molecule has 6 nitrogen and oxygen atoms in total. The van der Waals surface area contributed by atoms with E-state index in [1.807, 2.05) is 18.7 Å². The van der Waals surface area contributed by atoms with Crippen molar-refractivity contribution in [3.05, 3.63) is 65.6 Å². The van der Waals surface area contributed by atoms with Gasteiger partial charge in [0.05, 0.1) is 30.6 Å². The Kier molecular flexibility index (Phi) is 5.30. The zero-order valence-electron chi connectivity index (χ0n) is 17.1. The molecule has 0 aromatic heterocycles. The van der Waals surface area contributed by atoms with E-state index in [4.69, 9.17) is 9.47 Å². The maximum absolute atomic E-state index is 14.5. The number of carbonyl (C=O) groups is 2. The zero-order chi connectivity index (χ0) is 21.4. The van der Waals surface area contributed by atoms with Crippen LogP contribution in [0.5, 0.6) is 5.75 Å². The molecule has 0 saturated carbocycles. The van der Waals surface area contributed by atoms with Crippen molar-refractivity contribution in [3.8, 4) is 5.75 Å². The standard InChI is InChI=1S/C23H23FN2O4/c1-14-12-25(13-15(2)30-14)21-20(16-8-4-7-11-19(16)29-3)22(27)26(23(21)28)18-10-6-5-9-17(18)24/h4-11,14-15H,12-13H2,1-3H3. The molecule has 2 atom stereocenters. The highest BCUT2D eigenvalue weighted by Crippen LogP contribution is 2.39. The van der Waals surface area contributed by atoms with Crippen molar-refractivity contribution in [2.75, 3.05) is 25.1 Å². The summed E-state index contributed by atoms with van der Waals surface area (Å²) in [6, 6.07) is 12.8. The van der Waals surface area contributed by atoms with Crippen LogP contribution in [0.2, 0.25) is 0 Å². The summed E-state index contributed by atoms with van der Waals surface area (Å²) < 4.78 is 25.8. The topological polar surface area (TPSA) is 59.1 Å². The second-order valence-electron chi connectivity index (χ2n) is 7.48. The molecule has 0 aliphatic carbocycles. The van der Waals surface area contributed by atoms with Crippen LogP contribution in [0.3, 0.4) is 0 Å². The number of imide groups is 1. The Morgan fingerprint density at radius 2 is 1.60 bits per heavy atom. The van der Waals surface area contributed by atoms with Gasteiger partial charge in [-0.25, -0.2) is 9.29 Å². The Morgan fingerprint density at radius 3 is 2.27 bits per heavy atom. The van der Waals surface area contributed by atoms with Crippen LogP contribution < -0.4 is 9.64 Å². The normalized spacial score (nSPS) is 22.1. The van der Waals surface area contributed by atoms with Crippen molar-refractivity contribution in [2.45, 2.75) is 26.1 Å². The molecular formula is C23H23FN2O4. The first-order valence-corrected chi connectivity index (χ1v) is 9.83. The van der Waals surface area contributed by atoms with Gasteiger partial charge in [0.15, 0.2) is 0 Å². The van der Waals surface area contributed by atoms with Gasteiger partial charge in [-0.05, 0) is 32.0 Å². The number of benzene rings is 2. The van der Waals surface area contributed by atoms with Crippen LogP contribution in [0.4, 0.5) is 10.1 Å². The fraction of sp³-hybridized carbons (Fsp3) is 0.304. The Bertz CT molecular complexity index is 1030. The second kappa shape index (κ2) is 7.91. The molecule has 0 N–H and O–H groups in total. The maximum atomic E-state index is 14.5. The molecule has 2 heterocycles. The number of para-hydroxylation sites is 2. The Balaban J connectivity index is 1.89. The summed E-state index contributed by atoms with van der Waals surface area (Å²) in [6.45, 7) is 4.73. The molecule has 2 aromatic rings. The average molecular weight is 410 g/mol. The van der Waals surface area contributed by atoms with Crippen molar-refractivity contribution in [2.24, 2.45) is 0 Å². The minimum atomic E-state index is -0.636. The number of amides is 2. The molecule has 2 aliphatic rings. The molecule has 7 heteroatoms. The fourth-order valence-corrected chi connectivity index (χ4v) is 4.12. The van der Waals surface area contributed by atoms with E-state index in [1.54, 1.807) is 30.3 Å². The van der Waals surface area contributed by atoms with Crippen molar-refractivity contribution in [1.29, 1.82) is 0 Å². The maximum Gasteiger partial charge on any atom is 0.282 e. The predicted molar refractivity (Wildman–Crippen MR) is 110 cm³/mol. The van der Waals surface area contributed by atoms with E-state index in [0.29, 0.717) is 24.4 Å². The molecule has 4 rings (SSSR count). The third kappa shape index (κ3) is 3.35. The van der Waals surface area contributed by atoms with Gasteiger partial charge in [0, 0.05) is 18.7 Å². The third-order valence-corrected chi connectivity index (χ3v) is 5.26. The molecule has 0 radical (unpaired) electrons. The van der Waals surface area contributed by atoms with Crippen molar-refractivity contribution in [3.63, 3.8) is 0 Å². The highest BCUT2D eigenvalue weighted by atomic mass is 19.1. The van der Waals surface area contributed by atoms with Crippen LogP contribution in [-0.4, -0.2) is 49.1 Å². The number of ether oxygens (including phenoxy) is 2. The van der Waals surface area contributed by atoms with Crippen molar-refractivity contribution in [1.82, 2.24) is 4.90 Å². The molecule has 1 fully saturated rings. The molecule has 0 spiro atoms. The van der Waals surface area contributed by atoms with Gasteiger partial charge in [-0.2, -0.15) is 0 Å². The molecule has 1 saturated heterocycles. The Labute approximate surface area is 174 Å². The van der Waals surface area contributed by atoms with E-state index in [9.17, 15) is 14.0 Å². The monoisotopic (exact) mass is 410 g/mol. The Hall–Kier alpha value is -3.19. The predicted octanol–water partition coefficient (Wildman–Crippen LogP) is 3.23. The largest absolute Gasteiger partial charge is 0.496 e. The number of halogens is 1. The zero-order valence-corrected chi connectivity index (χ0v) is 17.1. The lowest BCUT2D eigenvalue weighted by Gasteiger charge is -2.37. The van der Waals surface area contributed by atoms with Crippen LogP contribution in [0.25, 0.3) is 5.57 Å². The smallest absolute Gasteiger partial charge is 0.282 e. The highest BCUT2D eigenvalue weighted by molar-refractivity contribution is 6.45. The fourth-order valence-electron chi connectivity index (χ4n) is 4.12. The van der Waals surface area contributed by atoms with Crippen LogP contribution in [0.15, 0.2) is 54.2 Å². The first-order valence-electron chi connectivity index (χ1n) is 9.83. The second-order valence-corrected chi connectivity index (χ2v) is 7.48. The minimum Gasteiger partial charge on any atom is -0.496 e. The van der Waals surface area contributed by atoms with Gasteiger partial charge in [0.1, 0.15) is 17.3 Å². The van der Waals surface area contributed by atoms with Gasteiger partial charge in [-0.1, -0.05) is 30.3 Å². The van der Waals surface area contributed by atoms with E-state index in [0.717, 1.165) is 4.90 Å². The van der Waals surface area contributed by atoms with Gasteiger partial charge in [0.2, 0.25) is 0 Å². The SMILES string of the molecule is COc1ccccc1C1=C(N2CC(C)OC(C)C2)C(=O)N(c2ccccc2F)C1=O. The van der Waals surface area contributed by atoms with Gasteiger partial charge in [-0.15, -0.1) is 0 Å². The summed E-state index contributed by atoms with van der Waals surface area (Å²) in [6.07, 6.45) is -0.240. The van der Waals surface area contributed by atoms with Crippen LogP contribution in [0.1, 0.15) is 19.4 Å². The number of carbonyl (C=O) groups excluding carboxylic acids is 2. The summed E-state index contributed by atoms with van der Waals surface area (Å²) in [5.41, 5.74) is 0.889. The van der Waals surface area contributed by atoms with E-state index in [1.165, 1.54) is 25.3 Å². The number of hydrogen-bond donors (Lipinski definition) is 0. The first kappa shape index (κ1) is 20.1. The molecule has 30 heavy (non-hydrogen) atoms. The van der Waals surface area contributed by atoms with E-state index in [2.05, 4.69) is 0 Å². The summed E-state index contributed by atoms with van der Waals surface area (Å²) in [4.78, 5) is 29.8. The summed E-state index contributed by atoms with van der Waals surface area (Å²) in [5, 5.41) is 0. The first-order chi connectivity index (χ1) is 14.4. The summed E-state index contributed by atoms with van der Waals surface area (Å²) >= 11 is 0. The lowest BCUT2D eigenvalue weighted by atomic mass is 10.0. The number of morpholine rings is 1. The summed E-state index contributed by atoms with van der Waals surface area (Å²) in [5.74, 6) is -1.29. The lowest BCUT2D eigenvalue weighted by Crippen LogP contribution is -2.47. The average Bonchev–Trinajstić information content (AvgIpc) is 2.98. The van der Waals surface area contributed by atoms with Gasteiger partial charge >= 0.3 is 0 Å². The number of methoxy groups -OCH3 is 1. The summed E-state index contributed by atoms with van der Waals surface area (Å²) in [7, 11) is 1.51. The number of rotatable bonds is 4. The van der Waals surface area contributed by atoms with E-state index in [-0.39, 0.29) is 29.2 Å². The number of hydrogen-bond acceptors (Lipinski definition) is 5. The van der Waals surface area contributed by atoms with Gasteiger partial charge in [-0.3, -0.25) is 9.59 Å². The molecule has 2 amide bonds. The Morgan fingerprint density at radius 1 is 0.967 bits per heavy atom. The molecule has 156 valence electrons. The molecule has 2 aromatic carbocycles. The minimum absolute atomic E-state index is 0.0655.